The Balaban J connectivity index is 1.21. The number of fused-ring (bicyclic) bond motifs is 1. The fourth-order valence-corrected chi connectivity index (χ4v) is 4.12. The molecule has 1 saturated heterocycles. The van der Waals surface area contributed by atoms with Gasteiger partial charge in [0.15, 0.2) is 5.96 Å². The Morgan fingerprint density at radius 3 is 2.62 bits per heavy atom. The molecule has 0 aliphatic carbocycles. The van der Waals surface area contributed by atoms with E-state index in [0.29, 0.717) is 6.04 Å². The third-order valence-corrected chi connectivity index (χ3v) is 5.76. The van der Waals surface area contributed by atoms with E-state index in [2.05, 4.69) is 86.3 Å². The lowest BCUT2D eigenvalue weighted by Gasteiger charge is -2.33. The summed E-state index contributed by atoms with van der Waals surface area (Å²) in [6, 6.07) is 19.7. The number of nitrogens with one attached hydrogen (secondary N) is 3. The van der Waals surface area contributed by atoms with E-state index < -0.39 is 0 Å². The van der Waals surface area contributed by atoms with E-state index >= 15 is 0 Å². The van der Waals surface area contributed by atoms with E-state index in [9.17, 15) is 0 Å². The fourth-order valence-electron chi connectivity index (χ4n) is 4.12. The highest BCUT2D eigenvalue weighted by molar-refractivity contribution is 5.83. The molecule has 1 aromatic heterocycles. The maximum atomic E-state index is 4.42. The highest BCUT2D eigenvalue weighted by atomic mass is 15.2. The van der Waals surface area contributed by atoms with Crippen molar-refractivity contribution in [1.29, 1.82) is 0 Å². The quantitative estimate of drug-likeness (QED) is 0.446. The number of guanidine groups is 1. The minimum absolute atomic E-state index is 0.487. The van der Waals surface area contributed by atoms with Gasteiger partial charge in [-0.15, -0.1) is 0 Å². The van der Waals surface area contributed by atoms with Crippen LogP contribution in [0.3, 0.4) is 0 Å². The Kier molecular flexibility index (Phi) is 6.47. The molecule has 4 rings (SSSR count). The summed E-state index contributed by atoms with van der Waals surface area (Å²) in [4.78, 5) is 10.3. The van der Waals surface area contributed by atoms with Crippen LogP contribution >= 0.6 is 0 Å². The molecule has 5 nitrogen and oxygen atoms in total. The van der Waals surface area contributed by atoms with Crippen LogP contribution in [0.5, 0.6) is 0 Å². The van der Waals surface area contributed by atoms with Crippen molar-refractivity contribution >= 4 is 16.9 Å². The molecule has 1 fully saturated rings. The van der Waals surface area contributed by atoms with Crippen LogP contribution in [-0.4, -0.2) is 48.6 Å². The fraction of sp³-hybridized carbons (Fsp3) is 0.375. The molecule has 3 N–H and O–H groups in total. The van der Waals surface area contributed by atoms with Crippen LogP contribution in [0.15, 0.2) is 65.8 Å². The molecule has 0 saturated carbocycles. The van der Waals surface area contributed by atoms with Crippen molar-refractivity contribution in [2.24, 2.45) is 4.99 Å². The summed E-state index contributed by atoms with van der Waals surface area (Å²) in [6.45, 7) is 4.16. The number of aromatic amines is 1. The predicted octanol–water partition coefficient (Wildman–Crippen LogP) is 3.54. The van der Waals surface area contributed by atoms with Crippen molar-refractivity contribution in [3.63, 3.8) is 0 Å². The molecule has 0 radical (unpaired) electrons. The first-order valence-electron chi connectivity index (χ1n) is 10.6. The van der Waals surface area contributed by atoms with Gasteiger partial charge in [-0.05, 0) is 36.5 Å². The molecular weight excluding hydrogens is 358 g/mol. The van der Waals surface area contributed by atoms with Gasteiger partial charge in [-0.1, -0.05) is 48.5 Å². The molecule has 0 bridgehead atoms. The average Bonchev–Trinajstić information content (AvgIpc) is 3.18. The van der Waals surface area contributed by atoms with E-state index in [0.717, 1.165) is 51.4 Å². The highest BCUT2D eigenvalue weighted by Gasteiger charge is 2.20. The monoisotopic (exact) mass is 389 g/mol. The lowest BCUT2D eigenvalue weighted by Crippen LogP contribution is -2.48. The number of aromatic nitrogens is 1. The number of para-hydroxylation sites is 1. The maximum Gasteiger partial charge on any atom is 0.191 e. The van der Waals surface area contributed by atoms with Gasteiger partial charge in [0.2, 0.25) is 0 Å². The van der Waals surface area contributed by atoms with Crippen molar-refractivity contribution in [1.82, 2.24) is 20.5 Å². The maximum absolute atomic E-state index is 4.42. The Bertz CT molecular complexity index is 923. The van der Waals surface area contributed by atoms with E-state index in [-0.39, 0.29) is 0 Å². The van der Waals surface area contributed by atoms with Crippen LogP contribution in [0.25, 0.3) is 10.9 Å². The number of H-pyrrole nitrogens is 1. The van der Waals surface area contributed by atoms with Crippen LogP contribution < -0.4 is 10.6 Å². The molecule has 1 aliphatic heterocycles. The van der Waals surface area contributed by atoms with Gasteiger partial charge >= 0.3 is 0 Å². The number of benzene rings is 2. The zero-order valence-corrected chi connectivity index (χ0v) is 17.2. The molecule has 3 aromatic rings. The molecule has 2 aromatic carbocycles. The van der Waals surface area contributed by atoms with Gasteiger partial charge in [-0.2, -0.15) is 0 Å². The van der Waals surface area contributed by atoms with Gasteiger partial charge in [-0.3, -0.25) is 9.89 Å². The summed E-state index contributed by atoms with van der Waals surface area (Å²) >= 11 is 0. The van der Waals surface area contributed by atoms with Crippen molar-refractivity contribution in [2.75, 3.05) is 26.7 Å². The van der Waals surface area contributed by atoms with Gasteiger partial charge in [0.05, 0.1) is 0 Å². The summed E-state index contributed by atoms with van der Waals surface area (Å²) in [5.41, 5.74) is 3.94. The number of likely N-dealkylation sites (tertiary alicyclic amines) is 1. The molecule has 1 aliphatic rings. The van der Waals surface area contributed by atoms with Crippen LogP contribution in [0.1, 0.15) is 24.0 Å². The van der Waals surface area contributed by atoms with E-state index in [1.54, 1.807) is 0 Å². The normalized spacial score (nSPS) is 16.2. The van der Waals surface area contributed by atoms with Crippen molar-refractivity contribution in [2.45, 2.75) is 31.8 Å². The molecule has 5 heteroatoms. The molecule has 29 heavy (non-hydrogen) atoms. The standard InChI is InChI=1S/C24H31N5/c1-25-24(26-14-11-20-17-27-23-10-6-5-9-22(20)23)28-21-12-15-29(16-13-21)18-19-7-3-2-4-8-19/h2-10,17,21,27H,11-16,18H2,1H3,(H2,25,26,28). The molecule has 0 atom stereocenters. The first-order chi connectivity index (χ1) is 14.3. The topological polar surface area (TPSA) is 55.5 Å². The van der Waals surface area contributed by atoms with Gasteiger partial charge in [0.25, 0.3) is 0 Å². The minimum atomic E-state index is 0.487. The Morgan fingerprint density at radius 2 is 1.83 bits per heavy atom. The Labute approximate surface area is 173 Å². The third-order valence-electron chi connectivity index (χ3n) is 5.76. The van der Waals surface area contributed by atoms with Crippen LogP contribution in [0.2, 0.25) is 0 Å². The molecule has 152 valence electrons. The number of aliphatic imine (C=N–C) groups is 1. The third kappa shape index (κ3) is 5.18. The summed E-state index contributed by atoms with van der Waals surface area (Å²) in [5.74, 6) is 0.909. The molecule has 0 unspecified atom stereocenters. The van der Waals surface area contributed by atoms with Crippen molar-refractivity contribution in [3.8, 4) is 0 Å². The number of piperidine rings is 1. The Morgan fingerprint density at radius 1 is 1.07 bits per heavy atom. The summed E-state index contributed by atoms with van der Waals surface area (Å²) in [7, 11) is 1.85. The number of nitrogens with zero attached hydrogens (tertiary/aromatic N) is 2. The smallest absolute Gasteiger partial charge is 0.191 e. The van der Waals surface area contributed by atoms with Crippen molar-refractivity contribution in [3.05, 3.63) is 71.9 Å². The molecular formula is C24H31N5. The average molecular weight is 390 g/mol. The van der Waals surface area contributed by atoms with E-state index in [4.69, 9.17) is 0 Å². The largest absolute Gasteiger partial charge is 0.361 e. The van der Waals surface area contributed by atoms with Crippen LogP contribution in [0.4, 0.5) is 0 Å². The predicted molar refractivity (Wildman–Crippen MR) is 121 cm³/mol. The lowest BCUT2D eigenvalue weighted by atomic mass is 10.0. The number of hydrogen-bond acceptors (Lipinski definition) is 2. The van der Waals surface area contributed by atoms with E-state index in [1.165, 1.54) is 22.0 Å². The van der Waals surface area contributed by atoms with Crippen molar-refractivity contribution < 1.29 is 0 Å². The second kappa shape index (κ2) is 9.61. The molecule has 2 heterocycles. The first kappa shape index (κ1) is 19.5. The second-order valence-corrected chi connectivity index (χ2v) is 7.79. The lowest BCUT2D eigenvalue weighted by molar-refractivity contribution is 0.198. The minimum Gasteiger partial charge on any atom is -0.361 e. The Hall–Kier alpha value is -2.79. The summed E-state index contributed by atoms with van der Waals surface area (Å²) in [6.07, 6.45) is 5.39. The van der Waals surface area contributed by atoms with Gasteiger partial charge in [-0.25, -0.2) is 0 Å². The van der Waals surface area contributed by atoms with Gasteiger partial charge in [0, 0.05) is 56.4 Å². The van der Waals surface area contributed by atoms with E-state index in [1.807, 2.05) is 7.05 Å². The molecule has 0 amide bonds. The van der Waals surface area contributed by atoms with Crippen LogP contribution in [-0.2, 0) is 13.0 Å². The summed E-state index contributed by atoms with van der Waals surface area (Å²) in [5, 5.41) is 8.40. The highest BCUT2D eigenvalue weighted by Crippen LogP contribution is 2.18. The second-order valence-electron chi connectivity index (χ2n) is 7.79. The number of hydrogen-bond donors (Lipinski definition) is 3. The first-order valence-corrected chi connectivity index (χ1v) is 10.6. The number of rotatable bonds is 6. The van der Waals surface area contributed by atoms with Gasteiger partial charge in [0.1, 0.15) is 0 Å². The zero-order chi connectivity index (χ0) is 19.9. The van der Waals surface area contributed by atoms with Gasteiger partial charge < -0.3 is 15.6 Å². The molecule has 0 spiro atoms. The summed E-state index contributed by atoms with van der Waals surface area (Å²) < 4.78 is 0. The SMILES string of the molecule is CN=C(NCCc1c[nH]c2ccccc12)NC1CCN(Cc2ccccc2)CC1. The zero-order valence-electron chi connectivity index (χ0n) is 17.2. The van der Waals surface area contributed by atoms with Crippen LogP contribution in [0, 0.1) is 0 Å².